The summed E-state index contributed by atoms with van der Waals surface area (Å²) >= 11 is 5.99. The third-order valence-corrected chi connectivity index (χ3v) is 2.64. The maximum Gasteiger partial charge on any atom is 0.0608 e. The molecule has 0 spiro atoms. The van der Waals surface area contributed by atoms with E-state index in [1.807, 2.05) is 25.1 Å². The molecule has 2 nitrogen and oxygen atoms in total. The molecule has 1 aromatic rings. The lowest BCUT2D eigenvalue weighted by Crippen LogP contribution is -2.22. The number of anilines is 1. The summed E-state index contributed by atoms with van der Waals surface area (Å²) in [6.45, 7) is 6.32. The summed E-state index contributed by atoms with van der Waals surface area (Å²) in [6.07, 6.45) is 0.707. The number of aliphatic hydroxyl groups is 1. The fourth-order valence-electron chi connectivity index (χ4n) is 1.22. The van der Waals surface area contributed by atoms with Crippen LogP contribution in [0.2, 0.25) is 5.02 Å². The van der Waals surface area contributed by atoms with Crippen LogP contribution >= 0.6 is 11.6 Å². The van der Waals surface area contributed by atoms with Crippen LogP contribution in [0.25, 0.3) is 0 Å². The Balaban J connectivity index is 2.48. The van der Waals surface area contributed by atoms with E-state index in [4.69, 9.17) is 11.6 Å². The molecule has 0 aliphatic carbocycles. The minimum Gasteiger partial charge on any atom is -0.390 e. The van der Waals surface area contributed by atoms with Gasteiger partial charge in [-0.15, -0.1) is 0 Å². The standard InChI is InChI=1S/C12H18ClNO/c1-9-4-5-10(8-11(9)13)14-7-6-12(2,3)15/h4-5,8,14-15H,6-7H2,1-3H3. The molecule has 0 saturated carbocycles. The fourth-order valence-corrected chi connectivity index (χ4v) is 1.40. The van der Waals surface area contributed by atoms with Crippen molar-refractivity contribution in [1.82, 2.24) is 0 Å². The first kappa shape index (κ1) is 12.3. The Morgan fingerprint density at radius 2 is 2.07 bits per heavy atom. The van der Waals surface area contributed by atoms with Gasteiger partial charge in [0, 0.05) is 17.3 Å². The summed E-state index contributed by atoms with van der Waals surface area (Å²) in [5.41, 5.74) is 1.45. The SMILES string of the molecule is Cc1ccc(NCCC(C)(C)O)cc1Cl. The van der Waals surface area contributed by atoms with Crippen LogP contribution in [0.1, 0.15) is 25.8 Å². The topological polar surface area (TPSA) is 32.3 Å². The molecule has 0 aromatic heterocycles. The number of halogens is 1. The van der Waals surface area contributed by atoms with Crippen molar-refractivity contribution in [3.8, 4) is 0 Å². The van der Waals surface area contributed by atoms with Gasteiger partial charge in [-0.3, -0.25) is 0 Å². The minimum absolute atomic E-state index is 0.624. The summed E-state index contributed by atoms with van der Waals surface area (Å²) in [5, 5.41) is 13.5. The van der Waals surface area contributed by atoms with Crippen molar-refractivity contribution in [2.24, 2.45) is 0 Å². The van der Waals surface area contributed by atoms with Gasteiger partial charge in [-0.05, 0) is 44.9 Å². The van der Waals surface area contributed by atoms with E-state index >= 15 is 0 Å². The summed E-state index contributed by atoms with van der Waals surface area (Å²) in [7, 11) is 0. The van der Waals surface area contributed by atoms with Crippen LogP contribution in [0.15, 0.2) is 18.2 Å². The molecule has 1 aromatic carbocycles. The zero-order valence-electron chi connectivity index (χ0n) is 9.47. The summed E-state index contributed by atoms with van der Waals surface area (Å²) < 4.78 is 0. The van der Waals surface area contributed by atoms with E-state index in [9.17, 15) is 5.11 Å². The third kappa shape index (κ3) is 4.54. The molecule has 84 valence electrons. The van der Waals surface area contributed by atoms with E-state index in [0.717, 1.165) is 22.8 Å². The molecule has 1 rings (SSSR count). The zero-order valence-corrected chi connectivity index (χ0v) is 10.2. The van der Waals surface area contributed by atoms with Crippen molar-refractivity contribution < 1.29 is 5.11 Å². The normalized spacial score (nSPS) is 11.5. The van der Waals surface area contributed by atoms with Gasteiger partial charge in [0.15, 0.2) is 0 Å². The Hall–Kier alpha value is -0.730. The Bertz CT molecular complexity index is 331. The third-order valence-electron chi connectivity index (χ3n) is 2.24. The quantitative estimate of drug-likeness (QED) is 0.828. The average molecular weight is 228 g/mol. The van der Waals surface area contributed by atoms with Gasteiger partial charge in [0.1, 0.15) is 0 Å². The Morgan fingerprint density at radius 1 is 1.40 bits per heavy atom. The number of hydrogen-bond acceptors (Lipinski definition) is 2. The highest BCUT2D eigenvalue weighted by Crippen LogP contribution is 2.20. The molecular formula is C12H18ClNO. The predicted molar refractivity (Wildman–Crippen MR) is 65.6 cm³/mol. The molecule has 15 heavy (non-hydrogen) atoms. The molecule has 0 saturated heterocycles. The van der Waals surface area contributed by atoms with Crippen LogP contribution < -0.4 is 5.32 Å². The Morgan fingerprint density at radius 3 is 2.60 bits per heavy atom. The van der Waals surface area contributed by atoms with Crippen molar-refractivity contribution in [3.05, 3.63) is 28.8 Å². The van der Waals surface area contributed by atoms with E-state index in [0.29, 0.717) is 6.42 Å². The molecule has 0 radical (unpaired) electrons. The number of rotatable bonds is 4. The van der Waals surface area contributed by atoms with E-state index in [1.54, 1.807) is 13.8 Å². The molecule has 3 heteroatoms. The second kappa shape index (κ2) is 4.86. The summed E-state index contributed by atoms with van der Waals surface area (Å²) in [5.74, 6) is 0. The summed E-state index contributed by atoms with van der Waals surface area (Å²) in [6, 6.07) is 5.88. The van der Waals surface area contributed by atoms with Crippen LogP contribution in [0, 0.1) is 6.92 Å². The Kier molecular flexibility index (Phi) is 4.00. The first-order valence-corrected chi connectivity index (χ1v) is 5.49. The zero-order chi connectivity index (χ0) is 11.5. The van der Waals surface area contributed by atoms with E-state index in [1.165, 1.54) is 0 Å². The monoisotopic (exact) mass is 227 g/mol. The number of benzene rings is 1. The molecule has 0 bridgehead atoms. The maximum absolute atomic E-state index is 9.53. The van der Waals surface area contributed by atoms with E-state index < -0.39 is 5.60 Å². The highest BCUT2D eigenvalue weighted by molar-refractivity contribution is 6.31. The van der Waals surface area contributed by atoms with Crippen LogP contribution in [0.4, 0.5) is 5.69 Å². The molecule has 0 amide bonds. The average Bonchev–Trinajstić information content (AvgIpc) is 2.09. The first-order chi connectivity index (χ1) is 6.88. The molecule has 0 aliphatic rings. The lowest BCUT2D eigenvalue weighted by Gasteiger charge is -2.17. The number of nitrogens with one attached hydrogen (secondary N) is 1. The second-order valence-corrected chi connectivity index (χ2v) is 4.86. The van der Waals surface area contributed by atoms with Gasteiger partial charge in [0.2, 0.25) is 0 Å². The van der Waals surface area contributed by atoms with Gasteiger partial charge in [-0.2, -0.15) is 0 Å². The van der Waals surface area contributed by atoms with Crippen molar-refractivity contribution in [2.45, 2.75) is 32.8 Å². The highest BCUT2D eigenvalue weighted by Gasteiger charge is 2.11. The van der Waals surface area contributed by atoms with Gasteiger partial charge >= 0.3 is 0 Å². The fraction of sp³-hybridized carbons (Fsp3) is 0.500. The van der Waals surface area contributed by atoms with Gasteiger partial charge in [0.25, 0.3) is 0 Å². The van der Waals surface area contributed by atoms with Crippen LogP contribution in [0.5, 0.6) is 0 Å². The minimum atomic E-state index is -0.624. The smallest absolute Gasteiger partial charge is 0.0608 e. The lowest BCUT2D eigenvalue weighted by molar-refractivity contribution is 0.0749. The van der Waals surface area contributed by atoms with Crippen molar-refractivity contribution in [2.75, 3.05) is 11.9 Å². The van der Waals surface area contributed by atoms with Crippen LogP contribution in [-0.4, -0.2) is 17.3 Å². The van der Waals surface area contributed by atoms with Gasteiger partial charge < -0.3 is 10.4 Å². The van der Waals surface area contributed by atoms with Gasteiger partial charge in [-0.1, -0.05) is 17.7 Å². The lowest BCUT2D eigenvalue weighted by atomic mass is 10.1. The number of aryl methyl sites for hydroxylation is 1. The number of hydrogen-bond donors (Lipinski definition) is 2. The molecule has 0 heterocycles. The van der Waals surface area contributed by atoms with Crippen molar-refractivity contribution >= 4 is 17.3 Å². The first-order valence-electron chi connectivity index (χ1n) is 5.11. The predicted octanol–water partition coefficient (Wildman–Crippen LogP) is 3.22. The molecule has 0 fully saturated rings. The second-order valence-electron chi connectivity index (χ2n) is 4.45. The van der Waals surface area contributed by atoms with Crippen molar-refractivity contribution in [1.29, 1.82) is 0 Å². The highest BCUT2D eigenvalue weighted by atomic mass is 35.5. The van der Waals surface area contributed by atoms with Crippen LogP contribution in [0.3, 0.4) is 0 Å². The maximum atomic E-state index is 9.53. The molecule has 0 aliphatic heterocycles. The largest absolute Gasteiger partial charge is 0.390 e. The molecule has 0 atom stereocenters. The van der Waals surface area contributed by atoms with E-state index in [-0.39, 0.29) is 0 Å². The molecule has 0 unspecified atom stereocenters. The molecular weight excluding hydrogens is 210 g/mol. The van der Waals surface area contributed by atoms with E-state index in [2.05, 4.69) is 5.32 Å². The van der Waals surface area contributed by atoms with Crippen LogP contribution in [-0.2, 0) is 0 Å². The summed E-state index contributed by atoms with van der Waals surface area (Å²) in [4.78, 5) is 0. The van der Waals surface area contributed by atoms with Gasteiger partial charge in [0.05, 0.1) is 5.60 Å². The van der Waals surface area contributed by atoms with Crippen molar-refractivity contribution in [3.63, 3.8) is 0 Å². The Labute approximate surface area is 96.3 Å². The molecule has 2 N–H and O–H groups in total. The van der Waals surface area contributed by atoms with Gasteiger partial charge in [-0.25, -0.2) is 0 Å².